The van der Waals surface area contributed by atoms with Gasteiger partial charge in [-0.25, -0.2) is 9.48 Å². The molecule has 0 unspecified atom stereocenters. The number of aromatic nitrogens is 2. The third kappa shape index (κ3) is 4.96. The van der Waals surface area contributed by atoms with Gasteiger partial charge in [0.15, 0.2) is 0 Å². The highest BCUT2D eigenvalue weighted by atomic mass is 16.2. The molecule has 0 radical (unpaired) electrons. The van der Waals surface area contributed by atoms with Gasteiger partial charge in [0.2, 0.25) is 5.91 Å². The van der Waals surface area contributed by atoms with Crippen LogP contribution in [0.3, 0.4) is 0 Å². The van der Waals surface area contributed by atoms with Crippen LogP contribution in [0.25, 0.3) is 0 Å². The average molecular weight is 349 g/mol. The van der Waals surface area contributed by atoms with Crippen LogP contribution < -0.4 is 10.6 Å². The molecule has 0 spiro atoms. The zero-order valence-corrected chi connectivity index (χ0v) is 16.3. The Kier molecular flexibility index (Phi) is 5.44. The zero-order chi connectivity index (χ0) is 18.8. The maximum Gasteiger partial charge on any atom is 0.320 e. The van der Waals surface area contributed by atoms with Gasteiger partial charge in [-0.15, -0.1) is 0 Å². The Labute approximate surface area is 150 Å². The number of rotatable bonds is 3. The first-order valence-corrected chi connectivity index (χ1v) is 8.92. The van der Waals surface area contributed by atoms with E-state index in [-0.39, 0.29) is 23.4 Å². The monoisotopic (exact) mass is 349 g/mol. The molecule has 2 heterocycles. The summed E-state index contributed by atoms with van der Waals surface area (Å²) in [5.74, 6) is 0.593. The lowest BCUT2D eigenvalue weighted by molar-refractivity contribution is -0.128. The van der Waals surface area contributed by atoms with Gasteiger partial charge in [0, 0.05) is 24.6 Å². The van der Waals surface area contributed by atoms with E-state index in [1.165, 1.54) is 0 Å². The van der Waals surface area contributed by atoms with E-state index >= 15 is 0 Å². The molecule has 0 bridgehead atoms. The van der Waals surface area contributed by atoms with E-state index in [0.717, 1.165) is 31.6 Å². The second-order valence-electron chi connectivity index (χ2n) is 8.64. The highest BCUT2D eigenvalue weighted by molar-refractivity contribution is 5.91. The maximum absolute atomic E-state index is 12.2. The number of carbonyl (C=O) groups is 2. The Morgan fingerprint density at radius 3 is 2.24 bits per heavy atom. The number of carbonyl (C=O) groups excluding carboxylic acids is 2. The quantitative estimate of drug-likeness (QED) is 0.880. The van der Waals surface area contributed by atoms with Crippen molar-refractivity contribution in [2.24, 2.45) is 0 Å². The average Bonchev–Trinajstić information content (AvgIpc) is 3.12. The van der Waals surface area contributed by atoms with Gasteiger partial charge in [0.05, 0.1) is 17.8 Å². The van der Waals surface area contributed by atoms with Gasteiger partial charge in [0.1, 0.15) is 5.82 Å². The van der Waals surface area contributed by atoms with Crippen LogP contribution in [0.2, 0.25) is 0 Å². The first-order chi connectivity index (χ1) is 11.5. The Balaban J connectivity index is 2.04. The van der Waals surface area contributed by atoms with Crippen LogP contribution in [-0.4, -0.2) is 46.3 Å². The molecule has 2 rings (SSSR count). The smallest absolute Gasteiger partial charge is 0.320 e. The fraction of sp³-hybridized carbons (Fsp3) is 0.722. The van der Waals surface area contributed by atoms with E-state index < -0.39 is 6.03 Å². The minimum atomic E-state index is -0.390. The molecule has 1 aromatic rings. The highest BCUT2D eigenvalue weighted by Gasteiger charge is 2.26. The van der Waals surface area contributed by atoms with Crippen molar-refractivity contribution in [3.8, 4) is 0 Å². The molecule has 2 N–H and O–H groups in total. The lowest BCUT2D eigenvalue weighted by Gasteiger charge is -2.23. The molecule has 1 aliphatic heterocycles. The highest BCUT2D eigenvalue weighted by Crippen LogP contribution is 2.28. The topological polar surface area (TPSA) is 79.3 Å². The first kappa shape index (κ1) is 19.3. The lowest BCUT2D eigenvalue weighted by Crippen LogP contribution is -2.40. The molecule has 0 atom stereocenters. The molecule has 7 nitrogen and oxygen atoms in total. The van der Waals surface area contributed by atoms with E-state index in [0.29, 0.717) is 5.82 Å². The van der Waals surface area contributed by atoms with Crippen LogP contribution in [0.4, 0.5) is 10.6 Å². The van der Waals surface area contributed by atoms with Gasteiger partial charge in [-0.05, 0) is 33.6 Å². The van der Waals surface area contributed by atoms with Gasteiger partial charge in [-0.1, -0.05) is 20.8 Å². The molecular formula is C18H31N5O2. The number of urea groups is 1. The predicted molar refractivity (Wildman–Crippen MR) is 98.8 cm³/mol. The van der Waals surface area contributed by atoms with Gasteiger partial charge in [0.25, 0.3) is 0 Å². The van der Waals surface area contributed by atoms with Gasteiger partial charge in [-0.2, -0.15) is 5.10 Å². The summed E-state index contributed by atoms with van der Waals surface area (Å²) in [5, 5.41) is 10.2. The predicted octanol–water partition coefficient (Wildman–Crippen LogP) is 2.68. The lowest BCUT2D eigenvalue weighted by atomic mass is 9.92. The van der Waals surface area contributed by atoms with Crippen LogP contribution in [0.15, 0.2) is 6.07 Å². The minimum Gasteiger partial charge on any atom is -0.341 e. The SMILES string of the molecule is CC(C)(C)c1cc(NC(=O)NCC(=O)N2CCCC2)n(C(C)(C)C)n1. The summed E-state index contributed by atoms with van der Waals surface area (Å²) in [7, 11) is 0. The number of hydrogen-bond acceptors (Lipinski definition) is 3. The summed E-state index contributed by atoms with van der Waals surface area (Å²) in [5.41, 5.74) is 0.526. The number of likely N-dealkylation sites (tertiary alicyclic amines) is 1. The standard InChI is InChI=1S/C18H31N5O2/c1-17(2,3)13-11-14(23(21-13)18(4,5)6)20-16(25)19-12-15(24)22-9-7-8-10-22/h11H,7-10,12H2,1-6H3,(H2,19,20,25). The molecule has 0 saturated carbocycles. The van der Waals surface area contributed by atoms with Crippen molar-refractivity contribution in [2.75, 3.05) is 25.0 Å². The Hall–Kier alpha value is -2.05. The molecule has 0 aliphatic carbocycles. The van der Waals surface area contributed by atoms with E-state index in [9.17, 15) is 9.59 Å². The maximum atomic E-state index is 12.2. The van der Waals surface area contributed by atoms with Crippen molar-refractivity contribution >= 4 is 17.8 Å². The fourth-order valence-electron chi connectivity index (χ4n) is 2.74. The molecule has 7 heteroatoms. The third-order valence-electron chi connectivity index (χ3n) is 4.21. The Morgan fingerprint density at radius 2 is 1.72 bits per heavy atom. The van der Waals surface area contributed by atoms with Crippen molar-refractivity contribution < 1.29 is 9.59 Å². The minimum absolute atomic E-state index is 0.0155. The van der Waals surface area contributed by atoms with Crippen LogP contribution in [-0.2, 0) is 15.7 Å². The molecule has 1 saturated heterocycles. The van der Waals surface area contributed by atoms with Crippen molar-refractivity contribution in [2.45, 2.75) is 65.3 Å². The fourth-order valence-corrected chi connectivity index (χ4v) is 2.74. The van der Waals surface area contributed by atoms with Crippen LogP contribution in [0, 0.1) is 0 Å². The number of amides is 3. The first-order valence-electron chi connectivity index (χ1n) is 8.92. The van der Waals surface area contributed by atoms with Crippen molar-refractivity contribution in [3.05, 3.63) is 11.8 Å². The molecular weight excluding hydrogens is 318 g/mol. The van der Waals surface area contributed by atoms with Crippen molar-refractivity contribution in [1.82, 2.24) is 20.0 Å². The number of nitrogens with zero attached hydrogens (tertiary/aromatic N) is 3. The Bertz CT molecular complexity index is 631. The third-order valence-corrected chi connectivity index (χ3v) is 4.21. The number of nitrogens with one attached hydrogen (secondary N) is 2. The van der Waals surface area contributed by atoms with Gasteiger partial charge in [-0.3, -0.25) is 10.1 Å². The van der Waals surface area contributed by atoms with E-state index in [1.54, 1.807) is 4.90 Å². The molecule has 1 fully saturated rings. The van der Waals surface area contributed by atoms with Crippen LogP contribution in [0.1, 0.15) is 60.1 Å². The summed E-state index contributed by atoms with van der Waals surface area (Å²) in [6.07, 6.45) is 2.08. The summed E-state index contributed by atoms with van der Waals surface area (Å²) in [6, 6.07) is 1.51. The summed E-state index contributed by atoms with van der Waals surface area (Å²) < 4.78 is 1.81. The second kappa shape index (κ2) is 7.06. The molecule has 25 heavy (non-hydrogen) atoms. The van der Waals surface area contributed by atoms with Gasteiger partial charge >= 0.3 is 6.03 Å². The second-order valence-corrected chi connectivity index (χ2v) is 8.64. The van der Waals surface area contributed by atoms with Crippen LogP contribution in [0.5, 0.6) is 0 Å². The van der Waals surface area contributed by atoms with E-state index in [2.05, 4.69) is 36.5 Å². The van der Waals surface area contributed by atoms with Crippen molar-refractivity contribution in [1.29, 1.82) is 0 Å². The van der Waals surface area contributed by atoms with E-state index in [1.807, 2.05) is 31.5 Å². The molecule has 1 aliphatic rings. The summed E-state index contributed by atoms with van der Waals surface area (Å²) in [6.45, 7) is 13.9. The number of hydrogen-bond donors (Lipinski definition) is 2. The van der Waals surface area contributed by atoms with E-state index in [4.69, 9.17) is 0 Å². The summed E-state index contributed by atoms with van der Waals surface area (Å²) in [4.78, 5) is 26.1. The summed E-state index contributed by atoms with van der Waals surface area (Å²) >= 11 is 0. The zero-order valence-electron chi connectivity index (χ0n) is 16.3. The Morgan fingerprint density at radius 1 is 1.12 bits per heavy atom. The molecule has 3 amide bonds. The molecule has 1 aromatic heterocycles. The van der Waals surface area contributed by atoms with Crippen LogP contribution >= 0.6 is 0 Å². The number of anilines is 1. The molecule has 0 aromatic carbocycles. The largest absolute Gasteiger partial charge is 0.341 e. The van der Waals surface area contributed by atoms with Gasteiger partial charge < -0.3 is 10.2 Å². The normalized spacial score (nSPS) is 15.4. The molecule has 140 valence electrons. The van der Waals surface area contributed by atoms with Crippen molar-refractivity contribution in [3.63, 3.8) is 0 Å².